The highest BCUT2D eigenvalue weighted by atomic mass is 16.6. The maximum Gasteiger partial charge on any atom is 0.300 e. The molecule has 0 spiro atoms. The summed E-state index contributed by atoms with van der Waals surface area (Å²) in [6, 6.07) is 13.0. The lowest BCUT2D eigenvalue weighted by Crippen LogP contribution is -2.53. The summed E-state index contributed by atoms with van der Waals surface area (Å²) in [5, 5.41) is 14.2. The predicted molar refractivity (Wildman–Crippen MR) is 139 cm³/mol. The summed E-state index contributed by atoms with van der Waals surface area (Å²) in [5.74, 6) is -0.0973. The van der Waals surface area contributed by atoms with Crippen LogP contribution in [-0.4, -0.2) is 27.9 Å². The lowest BCUT2D eigenvalue weighted by atomic mass is 9.86. The third kappa shape index (κ3) is 4.19. The molecule has 0 bridgehead atoms. The number of Topliss-reactive ketones (excluding diaryl/α,β-unsaturated/α-hetero) is 1. The van der Waals surface area contributed by atoms with Crippen molar-refractivity contribution in [2.75, 3.05) is 6.61 Å². The number of esters is 1. The zero-order valence-corrected chi connectivity index (χ0v) is 21.7. The minimum atomic E-state index is -2.09. The maximum atomic E-state index is 13.3. The van der Waals surface area contributed by atoms with Crippen LogP contribution in [0.4, 0.5) is 0 Å². The van der Waals surface area contributed by atoms with Crippen LogP contribution in [0.15, 0.2) is 59.7 Å². The van der Waals surface area contributed by atoms with Gasteiger partial charge in [-0.05, 0) is 48.9 Å². The molecule has 5 heterocycles. The zero-order valence-electron chi connectivity index (χ0n) is 21.7. The van der Waals surface area contributed by atoms with Gasteiger partial charge in [-0.2, -0.15) is 0 Å². The summed E-state index contributed by atoms with van der Waals surface area (Å²) in [5.41, 5.74) is 1.49. The maximum absolute atomic E-state index is 13.3. The van der Waals surface area contributed by atoms with Gasteiger partial charge in [-0.1, -0.05) is 13.3 Å². The number of rotatable bonds is 7. The van der Waals surface area contributed by atoms with Gasteiger partial charge >= 0.3 is 0 Å². The Morgan fingerprint density at radius 2 is 2.08 bits per heavy atom. The lowest BCUT2D eigenvalue weighted by Gasteiger charge is -2.41. The van der Waals surface area contributed by atoms with Crippen LogP contribution in [0.25, 0.3) is 22.3 Å². The minimum Gasteiger partial charge on any atom is -0.838 e. The van der Waals surface area contributed by atoms with Gasteiger partial charge in [-0.25, -0.2) is 9.55 Å². The fourth-order valence-electron chi connectivity index (χ4n) is 5.35. The number of ether oxygens (including phenoxy) is 2. The first kappa shape index (κ1) is 24.9. The van der Waals surface area contributed by atoms with E-state index in [4.69, 9.17) is 14.5 Å². The number of nitrogens with zero attached hydrogens (tertiary/aromatic N) is 3. The van der Waals surface area contributed by atoms with Crippen LogP contribution >= 0.6 is 0 Å². The van der Waals surface area contributed by atoms with Crippen molar-refractivity contribution in [2.45, 2.75) is 52.0 Å². The fourth-order valence-corrected chi connectivity index (χ4v) is 5.35. The van der Waals surface area contributed by atoms with Crippen LogP contribution < -0.4 is 20.0 Å². The Kier molecular flexibility index (Phi) is 6.03. The Hall–Kier alpha value is -4.37. The molecule has 0 N–H and O–H groups in total. The topological polar surface area (TPSA) is 114 Å². The van der Waals surface area contributed by atoms with Gasteiger partial charge in [0.15, 0.2) is 24.7 Å². The van der Waals surface area contributed by atoms with Gasteiger partial charge < -0.3 is 19.1 Å². The Bertz CT molecular complexity index is 1730. The van der Waals surface area contributed by atoms with E-state index in [1.165, 1.54) is 0 Å². The second kappa shape index (κ2) is 9.43. The minimum absolute atomic E-state index is 0.00794. The SMILES string of the molecule is CC[C@@]1([O-])C(=O)OCc2c1cc1n(c2=O)Cc2cc3cc(OCCC[n+]4cccc(C(C)=O)c4)ccc3nc2-1. The average Bonchev–Trinajstić information content (AvgIpc) is 3.30. The highest BCUT2D eigenvalue weighted by Crippen LogP contribution is 2.37. The van der Waals surface area contributed by atoms with E-state index in [0.717, 1.165) is 29.4 Å². The molecule has 1 atom stereocenters. The van der Waals surface area contributed by atoms with Crippen LogP contribution in [0.2, 0.25) is 0 Å². The summed E-state index contributed by atoms with van der Waals surface area (Å²) in [6.07, 6.45) is 4.53. The van der Waals surface area contributed by atoms with Crippen molar-refractivity contribution in [1.29, 1.82) is 0 Å². The van der Waals surface area contributed by atoms with Crippen molar-refractivity contribution < 1.29 is 28.7 Å². The van der Waals surface area contributed by atoms with Crippen molar-refractivity contribution in [3.63, 3.8) is 0 Å². The molecule has 3 aromatic heterocycles. The average molecular weight is 526 g/mol. The lowest BCUT2D eigenvalue weighted by molar-refractivity contribution is -0.697. The molecular weight excluding hydrogens is 498 g/mol. The van der Waals surface area contributed by atoms with E-state index >= 15 is 0 Å². The third-order valence-corrected chi connectivity index (χ3v) is 7.54. The standard InChI is InChI=1S/C30H27N3O6/c1-3-30(37)24-14-26-27-21(16-33(26)28(35)23(24)17-39-29(30)36)12-20-13-22(7-8-25(20)31-27)38-11-5-10-32-9-4-6-19(15-32)18(2)34/h4,6-9,12-15H,3,5,10-11,16-17H2,1-2H3/t30-/m0/s1. The highest BCUT2D eigenvalue weighted by molar-refractivity contribution is 5.93. The zero-order chi connectivity index (χ0) is 27.3. The number of aromatic nitrogens is 3. The molecule has 2 aliphatic heterocycles. The van der Waals surface area contributed by atoms with E-state index in [1.54, 1.807) is 30.5 Å². The molecule has 9 heteroatoms. The van der Waals surface area contributed by atoms with Crippen LogP contribution in [0.3, 0.4) is 0 Å². The van der Waals surface area contributed by atoms with Crippen molar-refractivity contribution >= 4 is 22.7 Å². The first-order valence-electron chi connectivity index (χ1n) is 13.0. The predicted octanol–water partition coefficient (Wildman–Crippen LogP) is 2.41. The number of ketones is 1. The number of hydrogen-bond donors (Lipinski definition) is 0. The van der Waals surface area contributed by atoms with E-state index in [1.807, 2.05) is 47.3 Å². The molecule has 0 fully saturated rings. The molecule has 0 radical (unpaired) electrons. The summed E-state index contributed by atoms with van der Waals surface area (Å²) in [6.45, 7) is 4.54. The van der Waals surface area contributed by atoms with E-state index in [0.29, 0.717) is 35.9 Å². The number of aryl methyl sites for hydroxylation is 1. The van der Waals surface area contributed by atoms with E-state index in [9.17, 15) is 19.5 Å². The Morgan fingerprint density at radius 1 is 1.23 bits per heavy atom. The molecule has 1 aromatic carbocycles. The van der Waals surface area contributed by atoms with Crippen LogP contribution in [0.5, 0.6) is 5.75 Å². The summed E-state index contributed by atoms with van der Waals surface area (Å²) < 4.78 is 14.6. The molecule has 4 aromatic rings. The smallest absolute Gasteiger partial charge is 0.300 e. The molecule has 39 heavy (non-hydrogen) atoms. The van der Waals surface area contributed by atoms with Gasteiger partial charge in [-0.15, -0.1) is 0 Å². The largest absolute Gasteiger partial charge is 0.838 e. The second-order valence-corrected chi connectivity index (χ2v) is 10.0. The van der Waals surface area contributed by atoms with Crippen molar-refractivity contribution in [2.24, 2.45) is 0 Å². The van der Waals surface area contributed by atoms with E-state index in [-0.39, 0.29) is 35.5 Å². The molecular formula is C30H27N3O6. The molecule has 9 nitrogen and oxygen atoms in total. The molecule has 0 saturated heterocycles. The molecule has 0 saturated carbocycles. The molecule has 0 aliphatic carbocycles. The van der Waals surface area contributed by atoms with Gasteiger partial charge in [-0.3, -0.25) is 14.4 Å². The number of hydrogen-bond acceptors (Lipinski definition) is 7. The fraction of sp³-hybridized carbons (Fsp3) is 0.300. The number of benzene rings is 1. The van der Waals surface area contributed by atoms with Crippen LogP contribution in [0, 0.1) is 0 Å². The Balaban J connectivity index is 1.23. The first-order valence-corrected chi connectivity index (χ1v) is 13.0. The van der Waals surface area contributed by atoms with Gasteiger partial charge in [0.05, 0.1) is 41.2 Å². The molecule has 198 valence electrons. The first-order chi connectivity index (χ1) is 18.8. The van der Waals surface area contributed by atoms with Gasteiger partial charge in [0.2, 0.25) is 0 Å². The van der Waals surface area contributed by atoms with Crippen LogP contribution in [0.1, 0.15) is 53.7 Å². The van der Waals surface area contributed by atoms with E-state index < -0.39 is 11.6 Å². The number of fused-ring (bicyclic) bond motifs is 5. The molecule has 6 rings (SSSR count). The van der Waals surface area contributed by atoms with Crippen molar-refractivity contribution in [3.05, 3.63) is 87.5 Å². The Labute approximate surface area is 224 Å². The normalized spacial score (nSPS) is 17.4. The van der Waals surface area contributed by atoms with Crippen molar-refractivity contribution in [3.8, 4) is 17.1 Å². The number of carbonyl (C=O) groups excluding carboxylic acids is 2. The molecule has 0 unspecified atom stereocenters. The number of carbonyl (C=O) groups is 2. The van der Waals surface area contributed by atoms with E-state index in [2.05, 4.69) is 0 Å². The molecule has 2 aliphatic rings. The summed E-state index contributed by atoms with van der Waals surface area (Å²) >= 11 is 0. The highest BCUT2D eigenvalue weighted by Gasteiger charge is 2.38. The number of cyclic esters (lactones) is 1. The second-order valence-electron chi connectivity index (χ2n) is 10.0. The van der Waals surface area contributed by atoms with Gasteiger partial charge in [0, 0.05) is 29.0 Å². The number of pyridine rings is 3. The summed E-state index contributed by atoms with van der Waals surface area (Å²) in [7, 11) is 0. The summed E-state index contributed by atoms with van der Waals surface area (Å²) in [4.78, 5) is 42.0. The van der Waals surface area contributed by atoms with Gasteiger partial charge in [0.25, 0.3) is 11.5 Å². The monoisotopic (exact) mass is 525 g/mol. The Morgan fingerprint density at radius 3 is 2.87 bits per heavy atom. The third-order valence-electron chi connectivity index (χ3n) is 7.54. The van der Waals surface area contributed by atoms with Crippen LogP contribution in [-0.2, 0) is 34.8 Å². The quantitative estimate of drug-likeness (QED) is 0.139. The van der Waals surface area contributed by atoms with Gasteiger partial charge in [0.1, 0.15) is 12.4 Å². The van der Waals surface area contributed by atoms with Crippen molar-refractivity contribution in [1.82, 2.24) is 9.55 Å². The molecule has 0 amide bonds.